The van der Waals surface area contributed by atoms with Crippen LogP contribution in [0.1, 0.15) is 20.7 Å². The van der Waals surface area contributed by atoms with Gasteiger partial charge in [-0.2, -0.15) is 9.13 Å². The van der Waals surface area contributed by atoms with Gasteiger partial charge < -0.3 is 35.0 Å². The first-order valence-corrected chi connectivity index (χ1v) is 9.22. The molecule has 0 aliphatic carbocycles. The number of carboxylic acid groups (broad SMARTS) is 2. The molecule has 4 rings (SSSR count). The molecule has 0 fully saturated rings. The number of carboxylic acids is 2. The van der Waals surface area contributed by atoms with Gasteiger partial charge in [-0.05, 0) is 35.4 Å². The lowest BCUT2D eigenvalue weighted by atomic mass is 10.1. The number of halogens is 2. The van der Waals surface area contributed by atoms with Crippen molar-refractivity contribution in [2.75, 3.05) is 0 Å². The second-order valence-electron chi connectivity index (χ2n) is 6.69. The van der Waals surface area contributed by atoms with Crippen molar-refractivity contribution >= 4 is 11.9 Å². The molecule has 0 spiro atoms. The van der Waals surface area contributed by atoms with Crippen LogP contribution < -0.4 is 33.9 Å². The highest BCUT2D eigenvalue weighted by Gasteiger charge is 2.11. The largest absolute Gasteiger partial charge is 1.00 e. The molecule has 6 nitrogen and oxygen atoms in total. The first-order valence-electron chi connectivity index (χ1n) is 9.22. The average Bonchev–Trinajstić information content (AvgIpc) is 2.79. The monoisotopic (exact) mass is 468 g/mol. The maximum Gasteiger partial charge on any atom is 0.335 e. The highest BCUT2D eigenvalue weighted by molar-refractivity contribution is 5.88. The van der Waals surface area contributed by atoms with Crippen LogP contribution in [-0.2, 0) is 0 Å². The Kier molecular flexibility index (Phi) is 8.07. The molecule has 162 valence electrons. The third kappa shape index (κ3) is 5.29. The van der Waals surface area contributed by atoms with E-state index in [-0.39, 0.29) is 35.9 Å². The van der Waals surface area contributed by atoms with Crippen molar-refractivity contribution in [2.24, 2.45) is 0 Å². The Bertz CT molecular complexity index is 1110. The maximum atomic E-state index is 11.0. The molecule has 0 aliphatic rings. The van der Waals surface area contributed by atoms with E-state index in [9.17, 15) is 9.59 Å². The molecule has 0 saturated heterocycles. The van der Waals surface area contributed by atoms with Gasteiger partial charge >= 0.3 is 11.9 Å². The van der Waals surface area contributed by atoms with Crippen LogP contribution in [0.2, 0.25) is 0 Å². The first kappa shape index (κ1) is 24.5. The third-order valence-corrected chi connectivity index (χ3v) is 4.82. The maximum absolute atomic E-state index is 11.0. The quantitative estimate of drug-likeness (QED) is 0.312. The van der Waals surface area contributed by atoms with Gasteiger partial charge in [0.2, 0.25) is 11.4 Å². The minimum absolute atomic E-state index is 0. The van der Waals surface area contributed by atoms with Crippen molar-refractivity contribution in [3.8, 4) is 22.5 Å². The molecule has 0 atom stereocenters. The Morgan fingerprint density at radius 1 is 0.500 bits per heavy atom. The summed E-state index contributed by atoms with van der Waals surface area (Å²) in [6.45, 7) is 0. The number of hydrogen-bond donors (Lipinski definition) is 2. The van der Waals surface area contributed by atoms with Crippen LogP contribution in [0.5, 0.6) is 0 Å². The summed E-state index contributed by atoms with van der Waals surface area (Å²) in [6.07, 6.45) is 7.71. The second kappa shape index (κ2) is 10.5. The lowest BCUT2D eigenvalue weighted by molar-refractivity contribution is -0.596. The van der Waals surface area contributed by atoms with Crippen LogP contribution >= 0.6 is 0 Å². The summed E-state index contributed by atoms with van der Waals surface area (Å²) in [4.78, 5) is 21.9. The molecule has 0 aliphatic heterocycles. The number of benzene rings is 2. The number of rotatable bonds is 5. The van der Waals surface area contributed by atoms with Crippen molar-refractivity contribution in [2.45, 2.75) is 0 Å². The van der Waals surface area contributed by atoms with Crippen molar-refractivity contribution in [1.29, 1.82) is 0 Å². The fraction of sp³-hybridized carbons (Fsp3) is 0. The zero-order chi connectivity index (χ0) is 21.1. The molecule has 0 saturated carbocycles. The summed E-state index contributed by atoms with van der Waals surface area (Å²) in [5.41, 5.74) is 4.35. The van der Waals surface area contributed by atoms with Crippen molar-refractivity contribution in [3.63, 3.8) is 0 Å². The van der Waals surface area contributed by atoms with Gasteiger partial charge in [-0.25, -0.2) is 9.59 Å². The van der Waals surface area contributed by atoms with Crippen LogP contribution in [0.4, 0.5) is 0 Å². The molecule has 0 bridgehead atoms. The zero-order valence-corrected chi connectivity index (χ0v) is 18.1. The number of nitrogens with zero attached hydrogens (tertiary/aromatic N) is 2. The number of aromatic carboxylic acids is 2. The Morgan fingerprint density at radius 2 is 0.781 bits per heavy atom. The number of pyridine rings is 2. The summed E-state index contributed by atoms with van der Waals surface area (Å²) in [6, 6.07) is 21.4. The van der Waals surface area contributed by atoms with E-state index < -0.39 is 11.9 Å². The van der Waals surface area contributed by atoms with Gasteiger partial charge in [0.25, 0.3) is 0 Å². The van der Waals surface area contributed by atoms with E-state index in [1.54, 1.807) is 48.5 Å². The van der Waals surface area contributed by atoms with E-state index >= 15 is 0 Å². The number of aromatic nitrogens is 2. The predicted molar refractivity (Wildman–Crippen MR) is 109 cm³/mol. The van der Waals surface area contributed by atoms with Gasteiger partial charge in [0.15, 0.2) is 24.8 Å². The molecule has 8 heteroatoms. The minimum atomic E-state index is -0.943. The molecule has 2 aromatic heterocycles. The molecule has 2 N–H and O–H groups in total. The number of carbonyl (C=O) groups is 2. The first-order chi connectivity index (χ1) is 14.5. The average molecular weight is 469 g/mol. The highest BCUT2D eigenvalue weighted by Crippen LogP contribution is 2.17. The standard InChI is InChI=1S/C24H16N2O4.2ClH/c27-23(28)19-1-5-21(6-2-19)25-13-9-17(10-14-25)18-11-15-26(16-12-18)22-7-3-20(4-8-22)24(29)30;;/h1-16H;2*1H. The second-order valence-corrected chi connectivity index (χ2v) is 6.69. The highest BCUT2D eigenvalue weighted by atomic mass is 35.5. The van der Waals surface area contributed by atoms with Crippen LogP contribution in [0.3, 0.4) is 0 Å². The lowest BCUT2D eigenvalue weighted by Gasteiger charge is -2.02. The molecule has 2 aromatic carbocycles. The summed E-state index contributed by atoms with van der Waals surface area (Å²) in [7, 11) is 0. The fourth-order valence-electron chi connectivity index (χ4n) is 3.13. The van der Waals surface area contributed by atoms with Gasteiger partial charge in [0.1, 0.15) is 0 Å². The van der Waals surface area contributed by atoms with E-state index in [0.717, 1.165) is 22.5 Å². The Balaban J connectivity index is 0.00000181. The molecular formula is C24H18Cl2N2O4. The third-order valence-electron chi connectivity index (χ3n) is 4.82. The molecule has 0 unspecified atom stereocenters. The Labute approximate surface area is 196 Å². The van der Waals surface area contributed by atoms with E-state index in [2.05, 4.69) is 0 Å². The normalized spacial score (nSPS) is 9.88. The SMILES string of the molecule is O=C(O)c1ccc(-[n+]2ccc(-c3cc[n+](-c4ccc(C(=O)O)cc4)cc3)cc2)cc1.[Cl-].[Cl-]. The van der Waals surface area contributed by atoms with Crippen LogP contribution in [0.15, 0.2) is 97.6 Å². The van der Waals surface area contributed by atoms with E-state index in [1.807, 2.05) is 58.2 Å². The van der Waals surface area contributed by atoms with Crippen molar-refractivity contribution < 1.29 is 53.8 Å². The van der Waals surface area contributed by atoms with E-state index in [4.69, 9.17) is 10.2 Å². The van der Waals surface area contributed by atoms with Crippen molar-refractivity contribution in [1.82, 2.24) is 0 Å². The minimum Gasteiger partial charge on any atom is -1.00 e. The fourth-order valence-corrected chi connectivity index (χ4v) is 3.13. The van der Waals surface area contributed by atoms with E-state index in [1.165, 1.54) is 0 Å². The predicted octanol–water partition coefficient (Wildman–Crippen LogP) is -2.69. The Hall–Kier alpha value is -3.74. The summed E-state index contributed by atoms with van der Waals surface area (Å²) >= 11 is 0. The number of hydrogen-bond acceptors (Lipinski definition) is 2. The van der Waals surface area contributed by atoms with Crippen LogP contribution in [0, 0.1) is 0 Å². The summed E-state index contributed by atoms with van der Waals surface area (Å²) in [5.74, 6) is -1.89. The van der Waals surface area contributed by atoms with Crippen LogP contribution in [-0.4, -0.2) is 22.2 Å². The van der Waals surface area contributed by atoms with Gasteiger partial charge in [-0.1, -0.05) is 0 Å². The zero-order valence-electron chi connectivity index (χ0n) is 16.6. The smallest absolute Gasteiger partial charge is 0.335 e. The van der Waals surface area contributed by atoms with E-state index in [0.29, 0.717) is 0 Å². The Morgan fingerprint density at radius 3 is 1.03 bits per heavy atom. The lowest BCUT2D eigenvalue weighted by Crippen LogP contribution is -3.00. The summed E-state index contributed by atoms with van der Waals surface area (Å²) in [5, 5.41) is 18.0. The van der Waals surface area contributed by atoms with Gasteiger partial charge in [0, 0.05) is 48.5 Å². The summed E-state index contributed by atoms with van der Waals surface area (Å²) < 4.78 is 3.84. The topological polar surface area (TPSA) is 82.4 Å². The van der Waals surface area contributed by atoms with Crippen LogP contribution in [0.25, 0.3) is 22.5 Å². The molecule has 32 heavy (non-hydrogen) atoms. The molecule has 0 radical (unpaired) electrons. The van der Waals surface area contributed by atoms with Crippen molar-refractivity contribution in [3.05, 3.63) is 109 Å². The van der Waals surface area contributed by atoms with Gasteiger partial charge in [0.05, 0.1) is 11.1 Å². The molecule has 0 amide bonds. The van der Waals surface area contributed by atoms with Gasteiger partial charge in [-0.15, -0.1) is 0 Å². The molecule has 2 heterocycles. The van der Waals surface area contributed by atoms with Gasteiger partial charge in [-0.3, -0.25) is 0 Å². The molecular weight excluding hydrogens is 451 g/mol. The molecule has 4 aromatic rings.